The molecule has 29 heavy (non-hydrogen) atoms. The van der Waals surface area contributed by atoms with E-state index in [0.29, 0.717) is 24.9 Å². The number of nitrogens with one attached hydrogen (secondary N) is 1. The first kappa shape index (κ1) is 22.2. The highest BCUT2D eigenvalue weighted by atomic mass is 16.4. The molecule has 0 spiro atoms. The molecule has 0 aromatic heterocycles. The third-order valence-corrected chi connectivity index (χ3v) is 4.85. The van der Waals surface area contributed by atoms with Gasteiger partial charge in [0.2, 0.25) is 17.7 Å². The van der Waals surface area contributed by atoms with Crippen LogP contribution >= 0.6 is 0 Å². The van der Waals surface area contributed by atoms with Crippen LogP contribution in [0.4, 0.5) is 0 Å². The minimum atomic E-state index is -1.21. The fourth-order valence-corrected chi connectivity index (χ4v) is 3.27. The maximum Gasteiger partial charge on any atom is 0.326 e. The Morgan fingerprint density at radius 1 is 1.21 bits per heavy atom. The quantitative estimate of drug-likeness (QED) is 0.352. The van der Waals surface area contributed by atoms with Gasteiger partial charge in [-0.25, -0.2) is 4.79 Å². The number of nitrogens with two attached hydrogens (primary N) is 2. The van der Waals surface area contributed by atoms with Crippen molar-refractivity contribution in [3.05, 3.63) is 29.8 Å². The van der Waals surface area contributed by atoms with Crippen LogP contribution in [-0.2, 0) is 25.6 Å². The molecule has 1 aliphatic heterocycles. The van der Waals surface area contributed by atoms with E-state index in [1.807, 2.05) is 0 Å². The number of nitrogens with zero attached hydrogens (tertiary/aromatic N) is 1. The van der Waals surface area contributed by atoms with Crippen molar-refractivity contribution in [3.63, 3.8) is 0 Å². The van der Waals surface area contributed by atoms with Crippen molar-refractivity contribution < 1.29 is 29.4 Å². The van der Waals surface area contributed by atoms with Crippen molar-refractivity contribution in [2.75, 3.05) is 6.54 Å². The van der Waals surface area contributed by atoms with Crippen LogP contribution in [0.25, 0.3) is 0 Å². The number of likely N-dealkylation sites (tertiary alicyclic amines) is 1. The van der Waals surface area contributed by atoms with Gasteiger partial charge in [-0.1, -0.05) is 12.1 Å². The van der Waals surface area contributed by atoms with E-state index in [-0.39, 0.29) is 25.0 Å². The summed E-state index contributed by atoms with van der Waals surface area (Å²) >= 11 is 0. The summed E-state index contributed by atoms with van der Waals surface area (Å²) in [6.45, 7) is 0.330. The molecule has 3 atom stereocenters. The van der Waals surface area contributed by atoms with Crippen molar-refractivity contribution in [2.45, 2.75) is 50.2 Å². The average Bonchev–Trinajstić information content (AvgIpc) is 3.16. The Balaban J connectivity index is 2.02. The number of aromatic hydroxyl groups is 1. The topological polar surface area (TPSA) is 176 Å². The van der Waals surface area contributed by atoms with E-state index in [9.17, 15) is 29.4 Å². The number of rotatable bonds is 9. The monoisotopic (exact) mass is 406 g/mol. The van der Waals surface area contributed by atoms with Crippen LogP contribution in [0, 0.1) is 0 Å². The standard InChI is InChI=1S/C19H26N4O6/c20-13(7-8-16(21)25)18(27)23-9-1-2-15(23)17(26)22-14(19(28)29)10-11-3-5-12(24)6-4-11/h3-6,13-15,24H,1-2,7-10,20H2,(H2,21,25)(H,22,26)(H,28,29). The predicted octanol–water partition coefficient (Wildman–Crippen LogP) is -0.912. The largest absolute Gasteiger partial charge is 0.508 e. The lowest BCUT2D eigenvalue weighted by atomic mass is 10.0. The molecule has 10 nitrogen and oxygen atoms in total. The van der Waals surface area contributed by atoms with Gasteiger partial charge in [-0.15, -0.1) is 0 Å². The molecule has 1 aliphatic rings. The maximum absolute atomic E-state index is 12.7. The molecule has 0 bridgehead atoms. The molecule has 3 unspecified atom stereocenters. The first-order chi connectivity index (χ1) is 13.7. The van der Waals surface area contributed by atoms with Crippen molar-refractivity contribution in [2.24, 2.45) is 11.5 Å². The molecule has 1 fully saturated rings. The molecule has 1 heterocycles. The van der Waals surface area contributed by atoms with Gasteiger partial charge in [-0.2, -0.15) is 0 Å². The lowest BCUT2D eigenvalue weighted by molar-refractivity contribution is -0.144. The van der Waals surface area contributed by atoms with Crippen LogP contribution in [0.2, 0.25) is 0 Å². The van der Waals surface area contributed by atoms with Crippen LogP contribution in [0.1, 0.15) is 31.2 Å². The molecule has 7 N–H and O–H groups in total. The number of benzene rings is 1. The van der Waals surface area contributed by atoms with Crippen LogP contribution in [0.3, 0.4) is 0 Å². The van der Waals surface area contributed by atoms with Gasteiger partial charge in [0.15, 0.2) is 0 Å². The number of hydrogen-bond acceptors (Lipinski definition) is 6. The fraction of sp³-hybridized carbons (Fsp3) is 0.474. The van der Waals surface area contributed by atoms with Crippen LogP contribution < -0.4 is 16.8 Å². The number of amides is 3. The van der Waals surface area contributed by atoms with Gasteiger partial charge in [0.05, 0.1) is 6.04 Å². The molecule has 1 saturated heterocycles. The molecule has 158 valence electrons. The normalized spacial score (nSPS) is 18.1. The average molecular weight is 406 g/mol. The highest BCUT2D eigenvalue weighted by Crippen LogP contribution is 2.20. The summed E-state index contributed by atoms with van der Waals surface area (Å²) in [5.41, 5.74) is 11.5. The summed E-state index contributed by atoms with van der Waals surface area (Å²) in [4.78, 5) is 49.0. The molecular formula is C19H26N4O6. The van der Waals surface area contributed by atoms with E-state index in [1.165, 1.54) is 17.0 Å². The van der Waals surface area contributed by atoms with E-state index in [0.717, 1.165) is 0 Å². The molecule has 0 radical (unpaired) electrons. The summed E-state index contributed by atoms with van der Waals surface area (Å²) in [5.74, 6) is -2.75. The molecule has 3 amide bonds. The number of aliphatic carboxylic acids is 1. The Morgan fingerprint density at radius 2 is 1.86 bits per heavy atom. The minimum Gasteiger partial charge on any atom is -0.508 e. The zero-order chi connectivity index (χ0) is 21.6. The summed E-state index contributed by atoms with van der Waals surface area (Å²) in [6.07, 6.45) is 1.05. The molecule has 0 aliphatic carbocycles. The van der Waals surface area contributed by atoms with E-state index in [2.05, 4.69) is 5.32 Å². The summed E-state index contributed by atoms with van der Waals surface area (Å²) < 4.78 is 0. The number of phenols is 1. The van der Waals surface area contributed by atoms with Crippen molar-refractivity contribution in [3.8, 4) is 5.75 Å². The van der Waals surface area contributed by atoms with E-state index in [4.69, 9.17) is 11.5 Å². The number of hydrogen-bond donors (Lipinski definition) is 5. The van der Waals surface area contributed by atoms with E-state index >= 15 is 0 Å². The highest BCUT2D eigenvalue weighted by Gasteiger charge is 2.37. The second kappa shape index (κ2) is 9.87. The lowest BCUT2D eigenvalue weighted by Crippen LogP contribution is -2.54. The van der Waals surface area contributed by atoms with E-state index < -0.39 is 41.8 Å². The number of carbonyl (C=O) groups excluding carboxylic acids is 3. The molecule has 0 saturated carbocycles. The van der Waals surface area contributed by atoms with Gasteiger partial charge in [0, 0.05) is 19.4 Å². The van der Waals surface area contributed by atoms with Gasteiger partial charge in [-0.3, -0.25) is 14.4 Å². The summed E-state index contributed by atoms with van der Waals surface area (Å²) in [7, 11) is 0. The van der Waals surface area contributed by atoms with Crippen molar-refractivity contribution >= 4 is 23.7 Å². The first-order valence-corrected chi connectivity index (χ1v) is 9.34. The van der Waals surface area contributed by atoms with Crippen molar-refractivity contribution in [1.82, 2.24) is 10.2 Å². The minimum absolute atomic E-state index is 0.0279. The molecular weight excluding hydrogens is 380 g/mol. The zero-order valence-electron chi connectivity index (χ0n) is 15.9. The maximum atomic E-state index is 12.7. The second-order valence-corrected chi connectivity index (χ2v) is 7.07. The Hall–Kier alpha value is -3.14. The Bertz CT molecular complexity index is 766. The predicted molar refractivity (Wildman–Crippen MR) is 103 cm³/mol. The summed E-state index contributed by atoms with van der Waals surface area (Å²) in [6, 6.07) is 3.04. The van der Waals surface area contributed by atoms with Crippen LogP contribution in [0.15, 0.2) is 24.3 Å². The second-order valence-electron chi connectivity index (χ2n) is 7.07. The van der Waals surface area contributed by atoms with Gasteiger partial charge in [0.25, 0.3) is 0 Å². The van der Waals surface area contributed by atoms with Gasteiger partial charge in [0.1, 0.15) is 17.8 Å². The van der Waals surface area contributed by atoms with Crippen LogP contribution in [0.5, 0.6) is 5.75 Å². The fourth-order valence-electron chi connectivity index (χ4n) is 3.27. The number of phenolic OH excluding ortho intramolecular Hbond substituents is 1. The first-order valence-electron chi connectivity index (χ1n) is 9.34. The Morgan fingerprint density at radius 3 is 2.45 bits per heavy atom. The third-order valence-electron chi connectivity index (χ3n) is 4.85. The van der Waals surface area contributed by atoms with E-state index in [1.54, 1.807) is 12.1 Å². The van der Waals surface area contributed by atoms with Crippen LogP contribution in [-0.4, -0.2) is 63.5 Å². The zero-order valence-corrected chi connectivity index (χ0v) is 15.9. The number of primary amides is 1. The highest BCUT2D eigenvalue weighted by molar-refractivity contribution is 5.92. The molecule has 2 rings (SSSR count). The SMILES string of the molecule is NC(=O)CCC(N)C(=O)N1CCCC1C(=O)NC(Cc1ccc(O)cc1)C(=O)O. The van der Waals surface area contributed by atoms with Crippen molar-refractivity contribution in [1.29, 1.82) is 0 Å². The lowest BCUT2D eigenvalue weighted by Gasteiger charge is -2.27. The Labute approximate surface area is 167 Å². The number of carbonyl (C=O) groups is 4. The molecule has 1 aromatic carbocycles. The number of carboxylic acids is 1. The van der Waals surface area contributed by atoms with Gasteiger partial charge in [-0.05, 0) is 37.0 Å². The molecule has 10 heteroatoms. The molecule has 1 aromatic rings. The van der Waals surface area contributed by atoms with Gasteiger partial charge < -0.3 is 31.9 Å². The third kappa shape index (κ3) is 6.18. The van der Waals surface area contributed by atoms with Gasteiger partial charge >= 0.3 is 5.97 Å². The Kier molecular flexibility index (Phi) is 7.54. The summed E-state index contributed by atoms with van der Waals surface area (Å²) in [5, 5.41) is 21.3. The number of carboxylic acid groups (broad SMARTS) is 1. The smallest absolute Gasteiger partial charge is 0.326 e.